The number of anilines is 1. The molecule has 0 aliphatic carbocycles. The molecule has 0 unspecified atom stereocenters. The van der Waals surface area contributed by atoms with Crippen LogP contribution >= 0.6 is 11.3 Å². The fraction of sp³-hybridized carbons (Fsp3) is 0.321. The molecule has 2 N–H and O–H groups in total. The Hall–Kier alpha value is -3.54. The van der Waals surface area contributed by atoms with Crippen molar-refractivity contribution in [3.8, 4) is 0 Å². The van der Waals surface area contributed by atoms with Crippen molar-refractivity contribution in [3.05, 3.63) is 81.7 Å². The fourth-order valence-electron chi connectivity index (χ4n) is 4.52. The molecule has 0 saturated carbocycles. The number of fused-ring (bicyclic) bond motifs is 1. The number of nitrogens with zero attached hydrogens (tertiary/aromatic N) is 2. The van der Waals surface area contributed by atoms with E-state index in [1.807, 2.05) is 44.2 Å². The van der Waals surface area contributed by atoms with Crippen LogP contribution in [0.3, 0.4) is 0 Å². The number of sulfonamides is 1. The molecule has 3 amide bonds. The standard InChI is InChI=1S/C28H32N4O5S2/c1-18(2)32(16-20-8-6-5-7-9-20)39(36,37)22-12-10-21(11-13-22)26(34)30-28-25(27(35)29-4)23-14-15-31(19(3)33)17-24(23)38-28/h5-13,18H,14-17H2,1-4H3,(H,29,35)(H,30,34). The predicted octanol–water partition coefficient (Wildman–Crippen LogP) is 3.86. The van der Waals surface area contributed by atoms with Gasteiger partial charge in [0.05, 0.1) is 17.0 Å². The van der Waals surface area contributed by atoms with Crippen molar-refractivity contribution in [1.82, 2.24) is 14.5 Å². The summed E-state index contributed by atoms with van der Waals surface area (Å²) >= 11 is 1.28. The van der Waals surface area contributed by atoms with Crippen LogP contribution in [0.2, 0.25) is 0 Å². The van der Waals surface area contributed by atoms with E-state index >= 15 is 0 Å². The number of rotatable bonds is 8. The summed E-state index contributed by atoms with van der Waals surface area (Å²) in [5.41, 5.74) is 2.37. The topological polar surface area (TPSA) is 116 Å². The maximum absolute atomic E-state index is 13.4. The number of hydrogen-bond acceptors (Lipinski definition) is 6. The van der Waals surface area contributed by atoms with Crippen LogP contribution in [0.5, 0.6) is 0 Å². The number of nitrogens with one attached hydrogen (secondary N) is 2. The lowest BCUT2D eigenvalue weighted by molar-refractivity contribution is -0.129. The van der Waals surface area contributed by atoms with Crippen LogP contribution in [-0.2, 0) is 34.3 Å². The van der Waals surface area contributed by atoms with Crippen LogP contribution in [0.15, 0.2) is 59.5 Å². The smallest absolute Gasteiger partial charge is 0.256 e. The summed E-state index contributed by atoms with van der Waals surface area (Å²) in [5.74, 6) is -0.820. The Bertz CT molecular complexity index is 1480. The lowest BCUT2D eigenvalue weighted by Gasteiger charge is -2.26. The molecule has 1 aromatic heterocycles. The van der Waals surface area contributed by atoms with Gasteiger partial charge in [-0.1, -0.05) is 30.3 Å². The van der Waals surface area contributed by atoms with Crippen LogP contribution in [0, 0.1) is 0 Å². The third-order valence-electron chi connectivity index (χ3n) is 6.66. The summed E-state index contributed by atoms with van der Waals surface area (Å²) in [6.07, 6.45) is 0.520. The maximum Gasteiger partial charge on any atom is 0.256 e. The third-order valence-corrected chi connectivity index (χ3v) is 9.83. The lowest BCUT2D eigenvalue weighted by Crippen LogP contribution is -2.36. The van der Waals surface area contributed by atoms with E-state index < -0.39 is 15.9 Å². The van der Waals surface area contributed by atoms with Gasteiger partial charge in [0.15, 0.2) is 0 Å². The Morgan fingerprint density at radius 2 is 1.69 bits per heavy atom. The molecule has 1 aliphatic heterocycles. The number of benzene rings is 2. The molecule has 1 aliphatic rings. The first kappa shape index (κ1) is 28.5. The number of thiophene rings is 1. The van der Waals surface area contributed by atoms with Gasteiger partial charge in [0.25, 0.3) is 11.8 Å². The molecule has 4 rings (SSSR count). The SMILES string of the molecule is CNC(=O)c1c(NC(=O)c2ccc(S(=O)(=O)N(Cc3ccccc3)C(C)C)cc2)sc2c1CCN(C(C)=O)C2. The minimum atomic E-state index is -3.82. The summed E-state index contributed by atoms with van der Waals surface area (Å²) in [7, 11) is -2.29. The Labute approximate surface area is 232 Å². The lowest BCUT2D eigenvalue weighted by atomic mass is 10.0. The summed E-state index contributed by atoms with van der Waals surface area (Å²) in [4.78, 5) is 40.4. The second kappa shape index (κ2) is 11.7. The molecule has 2 heterocycles. The zero-order valence-corrected chi connectivity index (χ0v) is 24.0. The molecule has 206 valence electrons. The number of carbonyl (C=O) groups is 3. The van der Waals surface area contributed by atoms with E-state index in [0.717, 1.165) is 16.0 Å². The number of carbonyl (C=O) groups excluding carboxylic acids is 3. The average Bonchev–Trinajstić information content (AvgIpc) is 3.28. The van der Waals surface area contributed by atoms with Gasteiger partial charge in [-0.25, -0.2) is 8.42 Å². The Morgan fingerprint density at radius 1 is 1.03 bits per heavy atom. The molecule has 3 aromatic rings. The average molecular weight is 569 g/mol. The van der Waals surface area contributed by atoms with E-state index in [2.05, 4.69) is 10.6 Å². The molecule has 39 heavy (non-hydrogen) atoms. The number of hydrogen-bond donors (Lipinski definition) is 2. The van der Waals surface area contributed by atoms with Crippen molar-refractivity contribution in [2.24, 2.45) is 0 Å². The molecule has 9 nitrogen and oxygen atoms in total. The van der Waals surface area contributed by atoms with E-state index in [9.17, 15) is 22.8 Å². The van der Waals surface area contributed by atoms with Gasteiger partial charge in [0.1, 0.15) is 5.00 Å². The van der Waals surface area contributed by atoms with Gasteiger partial charge in [-0.3, -0.25) is 14.4 Å². The van der Waals surface area contributed by atoms with E-state index in [4.69, 9.17) is 0 Å². The highest BCUT2D eigenvalue weighted by atomic mass is 32.2. The van der Waals surface area contributed by atoms with Gasteiger partial charge in [-0.2, -0.15) is 4.31 Å². The Morgan fingerprint density at radius 3 is 2.28 bits per heavy atom. The molecule has 0 radical (unpaired) electrons. The molecule has 2 aromatic carbocycles. The largest absolute Gasteiger partial charge is 0.355 e. The Kier molecular flexibility index (Phi) is 8.53. The van der Waals surface area contributed by atoms with Crippen molar-refractivity contribution in [3.63, 3.8) is 0 Å². The summed E-state index contributed by atoms with van der Waals surface area (Å²) in [5, 5.41) is 5.86. The van der Waals surface area contributed by atoms with Crippen LogP contribution in [0.1, 0.15) is 57.5 Å². The summed E-state index contributed by atoms with van der Waals surface area (Å²) in [6.45, 7) is 6.27. The van der Waals surface area contributed by atoms with Crippen molar-refractivity contribution < 1.29 is 22.8 Å². The van der Waals surface area contributed by atoms with E-state index in [0.29, 0.717) is 30.1 Å². The highest BCUT2D eigenvalue weighted by molar-refractivity contribution is 7.89. The van der Waals surface area contributed by atoms with Gasteiger partial charge >= 0.3 is 0 Å². The molecular weight excluding hydrogens is 536 g/mol. The van der Waals surface area contributed by atoms with Crippen LogP contribution in [-0.4, -0.2) is 55.0 Å². The minimum absolute atomic E-state index is 0.0454. The van der Waals surface area contributed by atoms with Gasteiger partial charge in [-0.15, -0.1) is 11.3 Å². The molecule has 11 heteroatoms. The zero-order chi connectivity index (χ0) is 28.3. The van der Waals surface area contributed by atoms with Crippen molar-refractivity contribution in [2.75, 3.05) is 18.9 Å². The normalized spacial score (nSPS) is 13.3. The minimum Gasteiger partial charge on any atom is -0.355 e. The van der Waals surface area contributed by atoms with Gasteiger partial charge in [-0.05, 0) is 55.7 Å². The second-order valence-corrected chi connectivity index (χ2v) is 12.6. The van der Waals surface area contributed by atoms with Gasteiger partial charge in [0.2, 0.25) is 15.9 Å². The molecule has 0 spiro atoms. The second-order valence-electron chi connectivity index (χ2n) is 9.59. The Balaban J connectivity index is 1.56. The molecule has 0 bridgehead atoms. The molecular formula is C28H32N4O5S2. The van der Waals surface area contributed by atoms with E-state index in [1.165, 1.54) is 53.9 Å². The van der Waals surface area contributed by atoms with Crippen molar-refractivity contribution in [2.45, 2.75) is 51.2 Å². The third kappa shape index (κ3) is 6.05. The van der Waals surface area contributed by atoms with Gasteiger partial charge in [0, 0.05) is 43.5 Å². The molecule has 0 fully saturated rings. The van der Waals surface area contributed by atoms with E-state index in [1.54, 1.807) is 4.90 Å². The fourth-order valence-corrected chi connectivity index (χ4v) is 7.40. The molecule has 0 saturated heterocycles. The maximum atomic E-state index is 13.4. The van der Waals surface area contributed by atoms with Crippen LogP contribution in [0.4, 0.5) is 5.00 Å². The number of amides is 3. The predicted molar refractivity (Wildman–Crippen MR) is 151 cm³/mol. The van der Waals surface area contributed by atoms with Crippen molar-refractivity contribution >= 4 is 44.1 Å². The first-order valence-corrected chi connectivity index (χ1v) is 14.9. The first-order valence-electron chi connectivity index (χ1n) is 12.6. The highest BCUT2D eigenvalue weighted by Crippen LogP contribution is 2.37. The van der Waals surface area contributed by atoms with Crippen LogP contribution in [0.25, 0.3) is 0 Å². The van der Waals surface area contributed by atoms with Gasteiger partial charge < -0.3 is 15.5 Å². The van der Waals surface area contributed by atoms with Crippen LogP contribution < -0.4 is 10.6 Å². The highest BCUT2D eigenvalue weighted by Gasteiger charge is 2.30. The van der Waals surface area contributed by atoms with E-state index in [-0.39, 0.29) is 34.9 Å². The summed E-state index contributed by atoms with van der Waals surface area (Å²) < 4.78 is 28.3. The first-order chi connectivity index (χ1) is 18.5. The monoisotopic (exact) mass is 568 g/mol. The zero-order valence-electron chi connectivity index (χ0n) is 22.4. The quantitative estimate of drug-likeness (QED) is 0.428. The summed E-state index contributed by atoms with van der Waals surface area (Å²) in [6, 6.07) is 14.9. The molecule has 0 atom stereocenters. The van der Waals surface area contributed by atoms with Crippen molar-refractivity contribution in [1.29, 1.82) is 0 Å².